The Labute approximate surface area is 146 Å². The summed E-state index contributed by atoms with van der Waals surface area (Å²) in [6.45, 7) is 9.98. The third-order valence-corrected chi connectivity index (χ3v) is 5.75. The van der Waals surface area contributed by atoms with E-state index in [9.17, 15) is 15.0 Å². The van der Waals surface area contributed by atoms with Crippen LogP contribution in [0.15, 0.2) is 11.6 Å². The van der Waals surface area contributed by atoms with Crippen LogP contribution in [0.3, 0.4) is 0 Å². The number of ketones is 1. The smallest absolute Gasteiger partial charge is 0.136 e. The predicted octanol–water partition coefficient (Wildman–Crippen LogP) is 3.40. The van der Waals surface area contributed by atoms with Crippen LogP contribution >= 0.6 is 0 Å². The van der Waals surface area contributed by atoms with E-state index in [0.29, 0.717) is 18.4 Å². The second-order valence-electron chi connectivity index (χ2n) is 8.72. The van der Waals surface area contributed by atoms with Crippen LogP contribution < -0.4 is 0 Å². The standard InChI is InChI=1S/C20H34O4/c1-13(2)15-8-9-20(5)18(24-20)7-6-14(3)10-16(21)12-19(4,23)17(22)11-15/h11,13-14,17-18,22-23H,6-10,12H2,1-5H3. The second kappa shape index (κ2) is 7.27. The van der Waals surface area contributed by atoms with Gasteiger partial charge in [-0.2, -0.15) is 0 Å². The Morgan fingerprint density at radius 3 is 2.58 bits per heavy atom. The van der Waals surface area contributed by atoms with Gasteiger partial charge in [0, 0.05) is 12.8 Å². The first-order chi connectivity index (χ1) is 11.0. The Morgan fingerprint density at radius 1 is 1.29 bits per heavy atom. The quantitative estimate of drug-likeness (QED) is 0.568. The molecule has 4 heteroatoms. The lowest BCUT2D eigenvalue weighted by Gasteiger charge is -2.28. The minimum atomic E-state index is -1.41. The van der Waals surface area contributed by atoms with Crippen LogP contribution in [0.2, 0.25) is 0 Å². The Morgan fingerprint density at radius 2 is 1.96 bits per heavy atom. The van der Waals surface area contributed by atoms with E-state index in [-0.39, 0.29) is 23.7 Å². The van der Waals surface area contributed by atoms with Crippen molar-refractivity contribution in [3.05, 3.63) is 11.6 Å². The minimum absolute atomic E-state index is 0.00196. The lowest BCUT2D eigenvalue weighted by molar-refractivity contribution is -0.128. The molecule has 24 heavy (non-hydrogen) atoms. The van der Waals surface area contributed by atoms with Crippen molar-refractivity contribution in [2.45, 2.75) is 96.6 Å². The van der Waals surface area contributed by atoms with Gasteiger partial charge in [0.2, 0.25) is 0 Å². The van der Waals surface area contributed by atoms with Gasteiger partial charge in [0.1, 0.15) is 11.9 Å². The van der Waals surface area contributed by atoms with E-state index in [1.54, 1.807) is 13.0 Å². The number of hydrogen-bond donors (Lipinski definition) is 2. The van der Waals surface area contributed by atoms with Gasteiger partial charge in [0.25, 0.3) is 0 Å². The van der Waals surface area contributed by atoms with Crippen LogP contribution in [0.25, 0.3) is 0 Å². The SMILES string of the molecule is CC1CCC2OC2(C)CCC(C(C)C)=CC(O)C(C)(O)CC(=O)C1. The van der Waals surface area contributed by atoms with Crippen molar-refractivity contribution in [3.8, 4) is 0 Å². The number of rotatable bonds is 1. The summed E-state index contributed by atoms with van der Waals surface area (Å²) in [5.41, 5.74) is -0.366. The number of allylic oxidation sites excluding steroid dienone is 1. The highest BCUT2D eigenvalue weighted by Gasteiger charge is 2.51. The number of fused-ring (bicyclic) bond motifs is 1. The molecule has 0 spiro atoms. The number of hydrogen-bond acceptors (Lipinski definition) is 4. The molecule has 5 atom stereocenters. The van der Waals surface area contributed by atoms with Crippen molar-refractivity contribution in [1.82, 2.24) is 0 Å². The van der Waals surface area contributed by atoms with E-state index in [2.05, 4.69) is 27.7 Å². The van der Waals surface area contributed by atoms with E-state index in [4.69, 9.17) is 4.74 Å². The molecule has 0 aromatic rings. The number of ether oxygens (including phenoxy) is 1. The van der Waals surface area contributed by atoms with Crippen LogP contribution in [-0.2, 0) is 9.53 Å². The first-order valence-corrected chi connectivity index (χ1v) is 9.34. The zero-order chi connectivity index (χ0) is 18.1. The largest absolute Gasteiger partial charge is 0.387 e. The summed E-state index contributed by atoms with van der Waals surface area (Å²) in [6, 6.07) is 0. The lowest BCUT2D eigenvalue weighted by Crippen LogP contribution is -2.40. The molecule has 5 unspecified atom stereocenters. The van der Waals surface area contributed by atoms with Gasteiger partial charge < -0.3 is 14.9 Å². The number of carbonyl (C=O) groups excluding carboxylic acids is 1. The molecule has 0 amide bonds. The van der Waals surface area contributed by atoms with Crippen LogP contribution in [0, 0.1) is 11.8 Å². The molecule has 4 nitrogen and oxygen atoms in total. The fraction of sp³-hybridized carbons (Fsp3) is 0.850. The van der Waals surface area contributed by atoms with E-state index in [1.165, 1.54) is 0 Å². The summed E-state index contributed by atoms with van der Waals surface area (Å²) >= 11 is 0. The van der Waals surface area contributed by atoms with Crippen LogP contribution in [0.5, 0.6) is 0 Å². The fourth-order valence-electron chi connectivity index (χ4n) is 3.72. The van der Waals surface area contributed by atoms with Crippen LogP contribution in [-0.4, -0.2) is 39.4 Å². The molecule has 1 heterocycles. The number of Topliss-reactive ketones (excluding diaryl/α,β-unsaturated/α-hetero) is 1. The lowest BCUT2D eigenvalue weighted by atomic mass is 9.84. The average molecular weight is 338 g/mol. The molecule has 2 rings (SSSR count). The molecule has 0 bridgehead atoms. The van der Waals surface area contributed by atoms with E-state index in [0.717, 1.165) is 31.3 Å². The maximum atomic E-state index is 12.3. The Bertz CT molecular complexity index is 494. The maximum absolute atomic E-state index is 12.3. The van der Waals surface area contributed by atoms with E-state index < -0.39 is 11.7 Å². The highest BCUT2D eigenvalue weighted by Crippen LogP contribution is 2.45. The third-order valence-electron chi connectivity index (χ3n) is 5.75. The molecule has 138 valence electrons. The topological polar surface area (TPSA) is 70.1 Å². The summed E-state index contributed by atoms with van der Waals surface area (Å²) in [5, 5.41) is 21.1. The van der Waals surface area contributed by atoms with Crippen molar-refractivity contribution in [2.75, 3.05) is 0 Å². The van der Waals surface area contributed by atoms with E-state index in [1.807, 2.05) is 0 Å². The predicted molar refractivity (Wildman–Crippen MR) is 94.7 cm³/mol. The molecule has 0 saturated carbocycles. The van der Waals surface area contributed by atoms with Crippen LogP contribution in [0.4, 0.5) is 0 Å². The first-order valence-electron chi connectivity index (χ1n) is 9.34. The highest BCUT2D eigenvalue weighted by molar-refractivity contribution is 5.79. The highest BCUT2D eigenvalue weighted by atomic mass is 16.6. The third kappa shape index (κ3) is 4.90. The minimum Gasteiger partial charge on any atom is -0.387 e. The molecule has 1 saturated heterocycles. The Hall–Kier alpha value is -0.710. The molecule has 1 aliphatic heterocycles. The number of epoxide rings is 1. The second-order valence-corrected chi connectivity index (χ2v) is 8.72. The van der Waals surface area contributed by atoms with Crippen molar-refractivity contribution < 1.29 is 19.7 Å². The van der Waals surface area contributed by atoms with Crippen molar-refractivity contribution >= 4 is 5.78 Å². The molecule has 0 radical (unpaired) electrons. The van der Waals surface area contributed by atoms with Gasteiger partial charge in [-0.05, 0) is 51.4 Å². The van der Waals surface area contributed by atoms with Crippen molar-refractivity contribution in [1.29, 1.82) is 0 Å². The van der Waals surface area contributed by atoms with Gasteiger partial charge in [0.15, 0.2) is 0 Å². The van der Waals surface area contributed by atoms with Crippen molar-refractivity contribution in [3.63, 3.8) is 0 Å². The van der Waals surface area contributed by atoms with Gasteiger partial charge in [-0.3, -0.25) is 4.79 Å². The summed E-state index contributed by atoms with van der Waals surface area (Å²) < 4.78 is 5.93. The van der Waals surface area contributed by atoms with Crippen molar-refractivity contribution in [2.24, 2.45) is 11.8 Å². The average Bonchev–Trinajstić information content (AvgIpc) is 3.10. The monoisotopic (exact) mass is 338 g/mol. The molecule has 1 fully saturated rings. The molecule has 2 aliphatic rings. The van der Waals surface area contributed by atoms with Gasteiger partial charge in [0.05, 0.1) is 17.3 Å². The molecule has 0 aromatic carbocycles. The fourth-order valence-corrected chi connectivity index (χ4v) is 3.72. The van der Waals surface area contributed by atoms with E-state index >= 15 is 0 Å². The van der Waals surface area contributed by atoms with Gasteiger partial charge >= 0.3 is 0 Å². The zero-order valence-corrected chi connectivity index (χ0v) is 15.8. The zero-order valence-electron chi connectivity index (χ0n) is 15.8. The van der Waals surface area contributed by atoms with Gasteiger partial charge in [-0.15, -0.1) is 0 Å². The van der Waals surface area contributed by atoms with Gasteiger partial charge in [-0.25, -0.2) is 0 Å². The van der Waals surface area contributed by atoms with Gasteiger partial charge in [-0.1, -0.05) is 32.4 Å². The summed E-state index contributed by atoms with van der Waals surface area (Å²) in [4.78, 5) is 12.3. The summed E-state index contributed by atoms with van der Waals surface area (Å²) in [6.07, 6.45) is 5.21. The summed E-state index contributed by atoms with van der Waals surface area (Å²) in [5.74, 6) is 0.589. The number of carbonyl (C=O) groups is 1. The molecule has 1 aliphatic carbocycles. The number of aliphatic hydroxyl groups excluding tert-OH is 1. The maximum Gasteiger partial charge on any atom is 0.136 e. The first kappa shape index (κ1) is 19.6. The molecular weight excluding hydrogens is 304 g/mol. The number of aliphatic hydroxyl groups is 2. The molecule has 0 aromatic heterocycles. The summed E-state index contributed by atoms with van der Waals surface area (Å²) in [7, 11) is 0. The molecule has 2 N–H and O–H groups in total. The normalized spacial score (nSPS) is 42.2. The Kier molecular flexibility index (Phi) is 5.94. The Balaban J connectivity index is 2.21. The molecular formula is C20H34O4. The van der Waals surface area contributed by atoms with Crippen LogP contribution in [0.1, 0.15) is 73.1 Å².